The number of benzene rings is 1. The van der Waals surface area contributed by atoms with Gasteiger partial charge >= 0.3 is 0 Å². The number of nitrogens with one attached hydrogen (secondary N) is 1. The van der Waals surface area contributed by atoms with Crippen LogP contribution in [0.25, 0.3) is 0 Å². The largest absolute Gasteiger partial charge is 0.320 e. The lowest BCUT2D eigenvalue weighted by atomic mass is 10.1. The fourth-order valence-electron chi connectivity index (χ4n) is 1.84. The van der Waals surface area contributed by atoms with Gasteiger partial charge in [0.05, 0.1) is 12.6 Å². The van der Waals surface area contributed by atoms with Crippen LogP contribution in [-0.4, -0.2) is 21.5 Å². The molecule has 6 heteroatoms. The van der Waals surface area contributed by atoms with Crippen LogP contribution < -0.4 is 11.1 Å². The molecule has 0 fully saturated rings. The summed E-state index contributed by atoms with van der Waals surface area (Å²) in [6.07, 6.45) is 3.50. The Morgan fingerprint density at radius 2 is 2.00 bits per heavy atom. The highest BCUT2D eigenvalue weighted by molar-refractivity contribution is 5.93. The topological polar surface area (TPSA) is 72.9 Å². The Labute approximate surface area is 131 Å². The number of amides is 1. The second-order valence-corrected chi connectivity index (χ2v) is 5.12. The molecule has 0 bridgehead atoms. The van der Waals surface area contributed by atoms with Crippen LogP contribution >= 0.6 is 12.4 Å². The maximum Gasteiger partial charge on any atom is 0.243 e. The van der Waals surface area contributed by atoms with Crippen molar-refractivity contribution in [2.75, 3.05) is 5.32 Å². The van der Waals surface area contributed by atoms with E-state index in [9.17, 15) is 4.79 Å². The predicted octanol–water partition coefficient (Wildman–Crippen LogP) is 2.27. The molecule has 0 saturated carbocycles. The van der Waals surface area contributed by atoms with Gasteiger partial charge < -0.3 is 10.3 Å². The average Bonchev–Trinajstić information content (AvgIpc) is 2.86. The standard InChI is InChI=1S/C15H20N4O.ClH/c1-11(2)13(16)14(20)18-15-17-8-9-19(15)10-12-6-4-3-5-7-12;/h3-9,11,13H,10,16H2,1-2H3,(H,17,18,20);1H/t13-;/m0./s1. The molecule has 2 rings (SSSR count). The van der Waals surface area contributed by atoms with Crippen LogP contribution in [-0.2, 0) is 11.3 Å². The Hall–Kier alpha value is -1.85. The summed E-state index contributed by atoms with van der Waals surface area (Å²) in [5.41, 5.74) is 6.98. The van der Waals surface area contributed by atoms with Crippen LogP contribution in [0.15, 0.2) is 42.7 Å². The number of halogens is 1. The summed E-state index contributed by atoms with van der Waals surface area (Å²) >= 11 is 0. The van der Waals surface area contributed by atoms with Gasteiger partial charge in [0.1, 0.15) is 0 Å². The van der Waals surface area contributed by atoms with E-state index in [1.54, 1.807) is 6.20 Å². The molecule has 0 saturated heterocycles. The van der Waals surface area contributed by atoms with Gasteiger partial charge in [0.15, 0.2) is 0 Å². The summed E-state index contributed by atoms with van der Waals surface area (Å²) in [6, 6.07) is 9.48. The third-order valence-corrected chi connectivity index (χ3v) is 3.17. The third-order valence-electron chi connectivity index (χ3n) is 3.17. The number of carbonyl (C=O) groups is 1. The van der Waals surface area contributed by atoms with Gasteiger partial charge in [-0.2, -0.15) is 0 Å². The molecule has 1 heterocycles. The molecule has 5 nitrogen and oxygen atoms in total. The van der Waals surface area contributed by atoms with Crippen LogP contribution in [0.5, 0.6) is 0 Å². The zero-order chi connectivity index (χ0) is 14.5. The normalized spacial score (nSPS) is 11.8. The van der Waals surface area contributed by atoms with Crippen molar-refractivity contribution in [3.05, 3.63) is 48.3 Å². The first-order valence-corrected chi connectivity index (χ1v) is 6.69. The lowest BCUT2D eigenvalue weighted by molar-refractivity contribution is -0.118. The minimum absolute atomic E-state index is 0. The summed E-state index contributed by atoms with van der Waals surface area (Å²) < 4.78 is 1.89. The lowest BCUT2D eigenvalue weighted by Crippen LogP contribution is -2.40. The first-order chi connectivity index (χ1) is 9.58. The molecule has 1 atom stereocenters. The van der Waals surface area contributed by atoms with Crippen molar-refractivity contribution in [2.45, 2.75) is 26.4 Å². The smallest absolute Gasteiger partial charge is 0.243 e. The van der Waals surface area contributed by atoms with E-state index in [0.717, 1.165) is 5.56 Å². The Kier molecular flexibility index (Phi) is 6.39. The Morgan fingerprint density at radius 1 is 1.33 bits per heavy atom. The number of rotatable bonds is 5. The van der Waals surface area contributed by atoms with E-state index < -0.39 is 6.04 Å². The number of anilines is 1. The van der Waals surface area contributed by atoms with E-state index in [1.165, 1.54) is 0 Å². The van der Waals surface area contributed by atoms with Gasteiger partial charge in [-0.15, -0.1) is 12.4 Å². The first-order valence-electron chi connectivity index (χ1n) is 6.69. The van der Waals surface area contributed by atoms with Gasteiger partial charge in [-0.3, -0.25) is 10.1 Å². The SMILES string of the molecule is CC(C)[C@H](N)C(=O)Nc1nccn1Cc1ccccc1.Cl. The predicted molar refractivity (Wildman–Crippen MR) is 86.5 cm³/mol. The number of hydrogen-bond donors (Lipinski definition) is 2. The Morgan fingerprint density at radius 3 is 2.62 bits per heavy atom. The van der Waals surface area contributed by atoms with Crippen LogP contribution in [0.4, 0.5) is 5.95 Å². The van der Waals surface area contributed by atoms with E-state index in [1.807, 2.05) is 54.9 Å². The molecule has 1 aromatic heterocycles. The summed E-state index contributed by atoms with van der Waals surface area (Å²) in [4.78, 5) is 16.1. The molecule has 1 aromatic carbocycles. The number of hydrogen-bond acceptors (Lipinski definition) is 3. The molecule has 114 valence electrons. The molecule has 1 amide bonds. The van der Waals surface area contributed by atoms with Crippen LogP contribution in [0.3, 0.4) is 0 Å². The summed E-state index contributed by atoms with van der Waals surface area (Å²) in [5, 5.41) is 2.78. The molecular weight excluding hydrogens is 288 g/mol. The Balaban J connectivity index is 0.00000220. The van der Waals surface area contributed by atoms with Crippen molar-refractivity contribution in [3.63, 3.8) is 0 Å². The molecule has 0 aliphatic carbocycles. The second kappa shape index (κ2) is 7.81. The molecule has 0 aliphatic rings. The molecule has 21 heavy (non-hydrogen) atoms. The number of imidazole rings is 1. The van der Waals surface area contributed by atoms with Crippen molar-refractivity contribution in [3.8, 4) is 0 Å². The number of nitrogens with two attached hydrogens (primary N) is 1. The fourth-order valence-corrected chi connectivity index (χ4v) is 1.84. The van der Waals surface area contributed by atoms with Crippen LogP contribution in [0, 0.1) is 5.92 Å². The van der Waals surface area contributed by atoms with Gasteiger partial charge in [0, 0.05) is 12.4 Å². The zero-order valence-corrected chi connectivity index (χ0v) is 13.0. The molecule has 3 N–H and O–H groups in total. The van der Waals surface area contributed by atoms with Crippen LogP contribution in [0.2, 0.25) is 0 Å². The maximum atomic E-state index is 12.0. The lowest BCUT2D eigenvalue weighted by Gasteiger charge is -2.15. The van der Waals surface area contributed by atoms with Gasteiger partial charge in [0.2, 0.25) is 11.9 Å². The molecule has 0 spiro atoms. The highest BCUT2D eigenvalue weighted by Crippen LogP contribution is 2.10. The van der Waals surface area contributed by atoms with Gasteiger partial charge in [-0.1, -0.05) is 44.2 Å². The fraction of sp³-hybridized carbons (Fsp3) is 0.333. The molecule has 0 aliphatic heterocycles. The average molecular weight is 309 g/mol. The van der Waals surface area contributed by atoms with Gasteiger partial charge in [-0.05, 0) is 11.5 Å². The van der Waals surface area contributed by atoms with Crippen molar-refractivity contribution in [1.82, 2.24) is 9.55 Å². The van der Waals surface area contributed by atoms with E-state index in [2.05, 4.69) is 10.3 Å². The summed E-state index contributed by atoms with van der Waals surface area (Å²) in [7, 11) is 0. The highest BCUT2D eigenvalue weighted by Gasteiger charge is 2.18. The third kappa shape index (κ3) is 4.58. The number of carbonyl (C=O) groups excluding carboxylic acids is 1. The van der Waals surface area contributed by atoms with Crippen LogP contribution in [0.1, 0.15) is 19.4 Å². The molecular formula is C15H21ClN4O. The van der Waals surface area contributed by atoms with Crippen molar-refractivity contribution >= 4 is 24.3 Å². The molecule has 0 unspecified atom stereocenters. The van der Waals surface area contributed by atoms with E-state index in [4.69, 9.17) is 5.73 Å². The quantitative estimate of drug-likeness (QED) is 0.890. The van der Waals surface area contributed by atoms with Crippen molar-refractivity contribution in [2.24, 2.45) is 11.7 Å². The summed E-state index contributed by atoms with van der Waals surface area (Å²) in [6.45, 7) is 4.49. The van der Waals surface area contributed by atoms with E-state index in [-0.39, 0.29) is 24.2 Å². The van der Waals surface area contributed by atoms with Crippen molar-refractivity contribution in [1.29, 1.82) is 0 Å². The zero-order valence-electron chi connectivity index (χ0n) is 12.2. The first kappa shape index (κ1) is 17.2. The minimum atomic E-state index is -0.531. The number of nitrogens with zero attached hydrogens (tertiary/aromatic N) is 2. The molecule has 2 aromatic rings. The second-order valence-electron chi connectivity index (χ2n) is 5.12. The number of aromatic nitrogens is 2. The highest BCUT2D eigenvalue weighted by atomic mass is 35.5. The van der Waals surface area contributed by atoms with E-state index in [0.29, 0.717) is 12.5 Å². The van der Waals surface area contributed by atoms with Crippen molar-refractivity contribution < 1.29 is 4.79 Å². The summed E-state index contributed by atoms with van der Waals surface area (Å²) in [5.74, 6) is 0.406. The monoisotopic (exact) mass is 308 g/mol. The Bertz CT molecular complexity index is 568. The van der Waals surface area contributed by atoms with Gasteiger partial charge in [-0.25, -0.2) is 4.98 Å². The maximum absolute atomic E-state index is 12.0. The minimum Gasteiger partial charge on any atom is -0.320 e. The van der Waals surface area contributed by atoms with Gasteiger partial charge in [0.25, 0.3) is 0 Å². The van der Waals surface area contributed by atoms with E-state index >= 15 is 0 Å². The molecule has 0 radical (unpaired) electrons.